The van der Waals surface area contributed by atoms with Crippen LogP contribution in [0.15, 0.2) is 71.8 Å². The molecule has 184 valence electrons. The van der Waals surface area contributed by atoms with Crippen LogP contribution in [0.25, 0.3) is 10.9 Å². The zero-order valence-corrected chi connectivity index (χ0v) is 22.3. The number of aromatic nitrogens is 1. The third-order valence-electron chi connectivity index (χ3n) is 5.55. The fourth-order valence-electron chi connectivity index (χ4n) is 3.83. The molecule has 35 heavy (non-hydrogen) atoms. The van der Waals surface area contributed by atoms with Crippen molar-refractivity contribution >= 4 is 52.6 Å². The quantitative estimate of drug-likeness (QED) is 0.184. The summed E-state index contributed by atoms with van der Waals surface area (Å²) >= 11 is 16.5. The van der Waals surface area contributed by atoms with Gasteiger partial charge in [0.05, 0.1) is 6.61 Å². The molecule has 0 aliphatic rings. The third-order valence-corrected chi connectivity index (χ3v) is 6.68. The van der Waals surface area contributed by atoms with E-state index in [1.165, 1.54) is 5.56 Å². The van der Waals surface area contributed by atoms with Gasteiger partial charge in [0.2, 0.25) is 5.91 Å². The molecule has 0 unspecified atom stereocenters. The minimum Gasteiger partial charge on any atom is -0.494 e. The van der Waals surface area contributed by atoms with E-state index >= 15 is 0 Å². The van der Waals surface area contributed by atoms with Gasteiger partial charge in [-0.2, -0.15) is 0 Å². The lowest BCUT2D eigenvalue weighted by Gasteiger charge is -2.10. The number of carbonyl (C=O) groups excluding carboxylic acids is 1. The molecule has 4 aromatic rings. The number of nitrogens with two attached hydrogens (primary N) is 1. The number of benzene rings is 3. The van der Waals surface area contributed by atoms with E-state index in [1.807, 2.05) is 79.1 Å². The molecule has 1 heterocycles. The van der Waals surface area contributed by atoms with Gasteiger partial charge < -0.3 is 15.0 Å². The molecule has 0 saturated heterocycles. The van der Waals surface area contributed by atoms with Gasteiger partial charge >= 0.3 is 0 Å². The molecule has 0 saturated carbocycles. The van der Waals surface area contributed by atoms with E-state index in [4.69, 9.17) is 33.7 Å². The van der Waals surface area contributed by atoms with E-state index < -0.39 is 0 Å². The highest BCUT2D eigenvalue weighted by molar-refractivity contribution is 7.80. The Morgan fingerprint density at radius 2 is 1.71 bits per heavy atom. The fourth-order valence-corrected chi connectivity index (χ4v) is 4.27. The van der Waals surface area contributed by atoms with E-state index in [0.717, 1.165) is 50.5 Å². The lowest BCUT2D eigenvalue weighted by molar-refractivity contribution is -0.118. The smallest absolute Gasteiger partial charge is 0.219 e. The molecule has 2 N–H and O–H groups in total. The van der Waals surface area contributed by atoms with Crippen molar-refractivity contribution in [2.45, 2.75) is 44.6 Å². The first-order chi connectivity index (χ1) is 16.7. The molecule has 1 aromatic heterocycles. The fraction of sp³-hybridized carbons (Fsp3) is 0.250. The second-order valence-corrected chi connectivity index (χ2v) is 9.71. The SMILES string of the molecule is Cc1cc(OCCCc2cn(CCC(N)=O)c3cc(Cl)ccc23)cc(C)c1Cl.Sc1ccccc1. The van der Waals surface area contributed by atoms with Crippen LogP contribution in [0.5, 0.6) is 5.75 Å². The predicted molar refractivity (Wildman–Crippen MR) is 149 cm³/mol. The second kappa shape index (κ2) is 12.9. The van der Waals surface area contributed by atoms with Gasteiger partial charge in [0.15, 0.2) is 0 Å². The maximum atomic E-state index is 11.2. The van der Waals surface area contributed by atoms with Gasteiger partial charge in [-0.1, -0.05) is 47.5 Å². The van der Waals surface area contributed by atoms with Crippen molar-refractivity contribution in [2.75, 3.05) is 6.61 Å². The number of hydrogen-bond acceptors (Lipinski definition) is 3. The Morgan fingerprint density at radius 3 is 2.31 bits per heavy atom. The number of carbonyl (C=O) groups is 1. The van der Waals surface area contributed by atoms with Crippen molar-refractivity contribution in [1.82, 2.24) is 4.57 Å². The first-order valence-electron chi connectivity index (χ1n) is 11.4. The summed E-state index contributed by atoms with van der Waals surface area (Å²) in [4.78, 5) is 12.2. The molecule has 0 fully saturated rings. The molecule has 7 heteroatoms. The summed E-state index contributed by atoms with van der Waals surface area (Å²) in [5.74, 6) is 0.530. The van der Waals surface area contributed by atoms with E-state index in [9.17, 15) is 4.79 Å². The maximum absolute atomic E-state index is 11.2. The normalized spacial score (nSPS) is 10.7. The molecule has 0 aliphatic carbocycles. The Hall–Kier alpha value is -2.60. The summed E-state index contributed by atoms with van der Waals surface area (Å²) in [5.41, 5.74) is 9.57. The minimum absolute atomic E-state index is 0.300. The van der Waals surface area contributed by atoms with Crippen LogP contribution in [0, 0.1) is 13.8 Å². The topological polar surface area (TPSA) is 57.2 Å². The highest BCUT2D eigenvalue weighted by Crippen LogP contribution is 2.28. The maximum Gasteiger partial charge on any atom is 0.219 e. The van der Waals surface area contributed by atoms with E-state index in [1.54, 1.807) is 0 Å². The number of primary amides is 1. The van der Waals surface area contributed by atoms with Crippen molar-refractivity contribution in [1.29, 1.82) is 0 Å². The summed E-state index contributed by atoms with van der Waals surface area (Å²) in [6.07, 6.45) is 4.13. The molecule has 4 rings (SSSR count). The Balaban J connectivity index is 0.000000420. The number of nitrogens with zero attached hydrogens (tertiary/aromatic N) is 1. The average Bonchev–Trinajstić information content (AvgIpc) is 3.16. The first-order valence-corrected chi connectivity index (χ1v) is 12.6. The lowest BCUT2D eigenvalue weighted by atomic mass is 10.1. The number of fused-ring (bicyclic) bond motifs is 1. The Labute approximate surface area is 222 Å². The summed E-state index contributed by atoms with van der Waals surface area (Å²) in [7, 11) is 0. The number of aryl methyl sites for hydroxylation is 4. The molecule has 0 atom stereocenters. The van der Waals surface area contributed by atoms with Crippen molar-refractivity contribution in [3.63, 3.8) is 0 Å². The van der Waals surface area contributed by atoms with E-state index in [-0.39, 0.29) is 5.91 Å². The van der Waals surface area contributed by atoms with Crippen molar-refractivity contribution in [2.24, 2.45) is 5.73 Å². The molecule has 0 spiro atoms. The Bertz CT molecular complexity index is 1270. The molecule has 4 nitrogen and oxygen atoms in total. The highest BCUT2D eigenvalue weighted by Gasteiger charge is 2.10. The van der Waals surface area contributed by atoms with Crippen molar-refractivity contribution < 1.29 is 9.53 Å². The number of ether oxygens (including phenoxy) is 1. The predicted octanol–water partition coefficient (Wildman–Crippen LogP) is 7.43. The number of amides is 1. The third kappa shape index (κ3) is 7.96. The van der Waals surface area contributed by atoms with E-state index in [2.05, 4.69) is 18.8 Å². The average molecular weight is 530 g/mol. The van der Waals surface area contributed by atoms with Crippen LogP contribution >= 0.6 is 35.8 Å². The van der Waals surface area contributed by atoms with Gasteiger partial charge in [0.1, 0.15) is 5.75 Å². The van der Waals surface area contributed by atoms with Crippen LogP contribution in [0.1, 0.15) is 29.5 Å². The molecular weight excluding hydrogens is 499 g/mol. The van der Waals surface area contributed by atoms with Crippen LogP contribution in [-0.4, -0.2) is 17.1 Å². The first kappa shape index (κ1) is 27.0. The van der Waals surface area contributed by atoms with Gasteiger partial charge in [-0.05, 0) is 79.8 Å². The molecule has 0 radical (unpaired) electrons. The number of thiol groups is 1. The van der Waals surface area contributed by atoms with Crippen LogP contribution in [0.2, 0.25) is 10.0 Å². The standard InChI is InChI=1S/C22H24Cl2N2O2.C6H6S/c1-14-10-18(11-15(2)22(14)24)28-9-3-4-16-13-26(8-7-21(25)27)20-12-17(23)5-6-19(16)20;7-6-4-2-1-3-5-6/h5-6,10-13H,3-4,7-9H2,1-2H3,(H2,25,27);1-5,7H. The molecule has 0 bridgehead atoms. The van der Waals surface area contributed by atoms with Crippen molar-refractivity contribution in [3.05, 3.63) is 93.6 Å². The lowest BCUT2D eigenvalue weighted by Crippen LogP contribution is -2.13. The van der Waals surface area contributed by atoms with Gasteiger partial charge in [0.25, 0.3) is 0 Å². The Kier molecular flexibility index (Phi) is 9.96. The van der Waals surface area contributed by atoms with Crippen molar-refractivity contribution in [3.8, 4) is 5.75 Å². The summed E-state index contributed by atoms with van der Waals surface area (Å²) in [6, 6.07) is 19.6. The van der Waals surface area contributed by atoms with Crippen LogP contribution in [0.3, 0.4) is 0 Å². The van der Waals surface area contributed by atoms with Gasteiger partial charge in [-0.3, -0.25) is 4.79 Å². The van der Waals surface area contributed by atoms with Crippen LogP contribution < -0.4 is 10.5 Å². The number of hydrogen-bond donors (Lipinski definition) is 2. The minimum atomic E-state index is -0.313. The van der Waals surface area contributed by atoms with Crippen LogP contribution in [0.4, 0.5) is 0 Å². The molecule has 3 aromatic carbocycles. The van der Waals surface area contributed by atoms with Crippen LogP contribution in [-0.2, 0) is 17.8 Å². The second-order valence-electron chi connectivity index (χ2n) is 8.38. The summed E-state index contributed by atoms with van der Waals surface area (Å²) < 4.78 is 7.96. The number of halogens is 2. The highest BCUT2D eigenvalue weighted by atomic mass is 35.5. The zero-order valence-electron chi connectivity index (χ0n) is 19.9. The number of rotatable bonds is 8. The molecule has 0 aliphatic heterocycles. The Morgan fingerprint density at radius 1 is 1.03 bits per heavy atom. The van der Waals surface area contributed by atoms with Gasteiger partial charge in [-0.15, -0.1) is 12.6 Å². The summed E-state index contributed by atoms with van der Waals surface area (Å²) in [6.45, 7) is 5.12. The molecule has 1 amide bonds. The molecular formula is C28H30Cl2N2O2S. The van der Waals surface area contributed by atoms with E-state index in [0.29, 0.717) is 24.6 Å². The van der Waals surface area contributed by atoms with Gasteiger partial charge in [-0.25, -0.2) is 0 Å². The zero-order chi connectivity index (χ0) is 25.4. The van der Waals surface area contributed by atoms with Gasteiger partial charge in [0, 0.05) is 45.0 Å². The summed E-state index contributed by atoms with van der Waals surface area (Å²) in [5, 5.41) is 2.61. The monoisotopic (exact) mass is 528 g/mol. The largest absolute Gasteiger partial charge is 0.494 e.